The van der Waals surface area contributed by atoms with Gasteiger partial charge in [0, 0.05) is 22.9 Å². The Morgan fingerprint density at radius 1 is 0.597 bits per heavy atom. The molecular formula is C53H48N8O6. The number of likely N-dealkylation sites (tertiary alicyclic amines) is 2. The molecule has 336 valence electrons. The second-order valence-corrected chi connectivity index (χ2v) is 18.5. The van der Waals surface area contributed by atoms with Gasteiger partial charge in [-0.2, -0.15) is 0 Å². The number of amides is 4. The Hall–Kier alpha value is -7.74. The summed E-state index contributed by atoms with van der Waals surface area (Å²) in [4.78, 5) is 75.1. The monoisotopic (exact) mass is 892 g/mol. The molecule has 4 heterocycles. The Kier molecular flexibility index (Phi) is 9.73. The van der Waals surface area contributed by atoms with Crippen molar-refractivity contribution in [3.8, 4) is 11.1 Å². The fourth-order valence-electron chi connectivity index (χ4n) is 11.5. The predicted octanol–water partition coefficient (Wildman–Crippen LogP) is 9.32. The van der Waals surface area contributed by atoms with Crippen molar-refractivity contribution < 1.29 is 28.7 Å². The summed E-state index contributed by atoms with van der Waals surface area (Å²) < 4.78 is 9.84. The van der Waals surface area contributed by atoms with E-state index in [9.17, 15) is 19.2 Å². The second kappa shape index (κ2) is 16.0. The Bertz CT molecular complexity index is 3280. The minimum absolute atomic E-state index is 0.0596. The van der Waals surface area contributed by atoms with Gasteiger partial charge in [0.15, 0.2) is 0 Å². The minimum Gasteiger partial charge on any atom is -0.453 e. The van der Waals surface area contributed by atoms with E-state index in [4.69, 9.17) is 19.4 Å². The summed E-state index contributed by atoms with van der Waals surface area (Å²) in [6.45, 7) is 0. The number of nitrogens with zero attached hydrogens (tertiary/aromatic N) is 4. The largest absolute Gasteiger partial charge is 0.453 e. The number of imidazole rings is 2. The molecule has 2 aliphatic heterocycles. The quantitative estimate of drug-likeness (QED) is 0.111. The van der Waals surface area contributed by atoms with Gasteiger partial charge in [-0.05, 0) is 101 Å². The Morgan fingerprint density at radius 3 is 1.70 bits per heavy atom. The average Bonchev–Trinajstić information content (AvgIpc) is 3.96. The molecule has 0 radical (unpaired) electrons. The number of hydrogen-bond acceptors (Lipinski definition) is 8. The van der Waals surface area contributed by atoms with E-state index < -0.39 is 24.3 Å². The van der Waals surface area contributed by atoms with Gasteiger partial charge < -0.3 is 39.9 Å². The summed E-state index contributed by atoms with van der Waals surface area (Å²) in [5.74, 6) is 1.81. The molecule has 4 aliphatic rings. The summed E-state index contributed by atoms with van der Waals surface area (Å²) in [6, 6.07) is 37.7. The van der Waals surface area contributed by atoms with Gasteiger partial charge in [-0.25, -0.2) is 19.6 Å². The first-order chi connectivity index (χ1) is 32.7. The number of piperidine rings is 2. The molecule has 8 atom stereocenters. The molecular weight excluding hydrogens is 845 g/mol. The number of carbonyl (C=O) groups is 4. The van der Waals surface area contributed by atoms with Gasteiger partial charge in [-0.3, -0.25) is 9.59 Å². The maximum absolute atomic E-state index is 14.5. The smallest absolute Gasteiger partial charge is 0.407 e. The van der Waals surface area contributed by atoms with Crippen LogP contribution in [0.4, 0.5) is 9.59 Å². The van der Waals surface area contributed by atoms with Gasteiger partial charge in [0.05, 0.1) is 48.4 Å². The van der Waals surface area contributed by atoms with Crippen molar-refractivity contribution in [2.75, 3.05) is 14.2 Å². The molecule has 6 aromatic carbocycles. The van der Waals surface area contributed by atoms with Crippen LogP contribution in [0, 0.1) is 11.8 Å². The number of aromatic nitrogens is 4. The fraction of sp³-hybridized carbons (Fsp3) is 0.283. The highest BCUT2D eigenvalue weighted by Gasteiger charge is 2.56. The van der Waals surface area contributed by atoms with Crippen LogP contribution in [-0.2, 0) is 19.1 Å². The molecule has 0 spiro atoms. The zero-order valence-electron chi connectivity index (χ0n) is 36.9. The maximum Gasteiger partial charge on any atom is 0.407 e. The van der Waals surface area contributed by atoms with Crippen LogP contribution in [0.2, 0.25) is 0 Å². The lowest BCUT2D eigenvalue weighted by Crippen LogP contribution is -2.47. The Morgan fingerprint density at radius 2 is 1.13 bits per heavy atom. The first-order valence-corrected chi connectivity index (χ1v) is 23.0. The molecule has 2 saturated heterocycles. The summed E-state index contributed by atoms with van der Waals surface area (Å²) in [5.41, 5.74) is 7.04. The van der Waals surface area contributed by atoms with E-state index in [1.807, 2.05) is 82.6 Å². The lowest BCUT2D eigenvalue weighted by Gasteiger charge is -2.36. The molecule has 4 amide bonds. The van der Waals surface area contributed by atoms with Crippen LogP contribution in [0.1, 0.15) is 79.0 Å². The first-order valence-electron chi connectivity index (χ1n) is 23.0. The molecule has 2 aliphatic carbocycles. The van der Waals surface area contributed by atoms with Gasteiger partial charge >= 0.3 is 12.2 Å². The Balaban J connectivity index is 0.826. The highest BCUT2D eigenvalue weighted by atomic mass is 16.5. The topological polar surface area (TPSA) is 175 Å². The van der Waals surface area contributed by atoms with Crippen LogP contribution >= 0.6 is 0 Å². The molecule has 2 saturated carbocycles. The molecule has 67 heavy (non-hydrogen) atoms. The van der Waals surface area contributed by atoms with Crippen molar-refractivity contribution >= 4 is 67.6 Å². The van der Waals surface area contributed by atoms with Crippen molar-refractivity contribution in [1.82, 2.24) is 40.4 Å². The van der Waals surface area contributed by atoms with E-state index in [0.29, 0.717) is 17.0 Å². The molecule has 4 fully saturated rings. The van der Waals surface area contributed by atoms with Gasteiger partial charge in [0.2, 0.25) is 0 Å². The van der Waals surface area contributed by atoms with Crippen LogP contribution in [0.5, 0.6) is 0 Å². The summed E-state index contributed by atoms with van der Waals surface area (Å²) >= 11 is 0. The fourth-order valence-corrected chi connectivity index (χ4v) is 11.5. The molecule has 8 aromatic rings. The van der Waals surface area contributed by atoms with Gasteiger partial charge in [0.25, 0.3) is 11.8 Å². The number of alkyl carbamates (subject to hydrolysis) is 2. The van der Waals surface area contributed by atoms with E-state index in [1.54, 1.807) is 0 Å². The van der Waals surface area contributed by atoms with E-state index in [-0.39, 0.29) is 41.9 Å². The molecule has 2 aromatic heterocycles. The van der Waals surface area contributed by atoms with Crippen LogP contribution in [-0.4, -0.2) is 80.0 Å². The number of carbonyl (C=O) groups excluding carboxylic acids is 4. The van der Waals surface area contributed by atoms with Gasteiger partial charge in [-0.15, -0.1) is 0 Å². The third-order valence-electron chi connectivity index (χ3n) is 14.8. The maximum atomic E-state index is 14.5. The van der Waals surface area contributed by atoms with Crippen molar-refractivity contribution in [2.24, 2.45) is 11.8 Å². The number of rotatable bonds is 9. The molecule has 14 nitrogen and oxygen atoms in total. The Labute approximate surface area is 385 Å². The number of ether oxygens (including phenoxy) is 2. The summed E-state index contributed by atoms with van der Waals surface area (Å²) in [7, 11) is 2.60. The normalized spacial score (nSPS) is 22.5. The third kappa shape index (κ3) is 6.92. The average molecular weight is 893 g/mol. The number of benzene rings is 6. The minimum atomic E-state index is -0.888. The van der Waals surface area contributed by atoms with Crippen molar-refractivity contribution in [3.05, 3.63) is 144 Å². The van der Waals surface area contributed by atoms with Gasteiger partial charge in [-0.1, -0.05) is 97.1 Å². The van der Waals surface area contributed by atoms with E-state index in [1.165, 1.54) is 14.2 Å². The predicted molar refractivity (Wildman–Crippen MR) is 252 cm³/mol. The lowest BCUT2D eigenvalue weighted by molar-refractivity contribution is -0.138. The number of aromatic amines is 2. The number of fused-ring (bicyclic) bond motifs is 9. The van der Waals surface area contributed by atoms with Crippen molar-refractivity contribution in [1.29, 1.82) is 0 Å². The highest BCUT2D eigenvalue weighted by Crippen LogP contribution is 2.54. The van der Waals surface area contributed by atoms with Crippen LogP contribution in [0.3, 0.4) is 0 Å². The molecule has 4 N–H and O–H groups in total. The molecule has 12 rings (SSSR count). The number of H-pyrrole nitrogens is 2. The van der Waals surface area contributed by atoms with Gasteiger partial charge in [0.1, 0.15) is 23.7 Å². The molecule has 0 unspecified atom stereocenters. The number of methoxy groups -OCH3 is 2. The second-order valence-electron chi connectivity index (χ2n) is 18.5. The van der Waals surface area contributed by atoms with E-state index in [2.05, 4.69) is 69.1 Å². The summed E-state index contributed by atoms with van der Waals surface area (Å²) in [5, 5.41) is 9.77. The standard InChI is InChI=1S/C53H48N8O6/c1-66-52(64)58-43(28-9-5-3-6-10-28)50(62)60-36-18-13-34(25-36)47(60)49-55-40-22-17-33-24-31(15-20-38(33)46(40)57-49)30-14-19-37-32(23-30)16-21-39-45(37)56-48(54-39)42-27-35-26-41(35)61(42)51(63)44(59-53(65)67-2)29-11-7-4-8-12-29/h3-12,14-17,19-24,34-36,41-44,47H,13,18,25-27H2,1-2H3,(H,54,56)(H,55,57)(H,58,64)(H,59,65)/t34-,35+,36+,41+,42-,43+,44+,47-/m0/s1. The molecule has 14 heteroatoms. The van der Waals surface area contributed by atoms with E-state index >= 15 is 0 Å². The molecule has 2 bridgehead atoms. The van der Waals surface area contributed by atoms with Crippen LogP contribution < -0.4 is 10.6 Å². The zero-order valence-corrected chi connectivity index (χ0v) is 36.9. The summed E-state index contributed by atoms with van der Waals surface area (Å²) in [6.07, 6.45) is 3.24. The third-order valence-corrected chi connectivity index (χ3v) is 14.8. The van der Waals surface area contributed by atoms with Crippen LogP contribution in [0.15, 0.2) is 121 Å². The number of hydrogen-bond donors (Lipinski definition) is 4. The number of nitrogens with one attached hydrogen (secondary N) is 4. The highest BCUT2D eigenvalue weighted by molar-refractivity contribution is 6.07. The van der Waals surface area contributed by atoms with E-state index in [0.717, 1.165) is 98.5 Å². The lowest BCUT2D eigenvalue weighted by atomic mass is 9.96. The SMILES string of the molecule is COC(=O)N[C@@H](C(=O)N1[C@@H]2CC[C@@H](C2)[C@H]1c1nc2ccc3cc(-c4ccc5c(ccc6nc([C@@H]7C[C@H]8C[C@H]8N7C(=O)[C@H](NC(=O)OC)c7ccccc7)[nH]c65)c4)ccc3c2[nH]1)c1ccccc1. The van der Waals surface area contributed by atoms with Crippen molar-refractivity contribution in [3.63, 3.8) is 0 Å². The van der Waals surface area contributed by atoms with Crippen LogP contribution in [0.25, 0.3) is 54.7 Å². The zero-order chi connectivity index (χ0) is 45.5. The first kappa shape index (κ1) is 40.7. The van der Waals surface area contributed by atoms with Crippen molar-refractivity contribution in [2.45, 2.75) is 68.4 Å².